The SMILES string of the molecule is Cc1ccc(N(CC(=O)NCCc2ccccc2F)S(C)(=O)=O)cc1. The Labute approximate surface area is 147 Å². The highest BCUT2D eigenvalue weighted by molar-refractivity contribution is 7.92. The van der Waals surface area contributed by atoms with Gasteiger partial charge in [0.1, 0.15) is 12.4 Å². The van der Waals surface area contributed by atoms with Crippen LogP contribution in [0, 0.1) is 12.7 Å². The molecule has 0 saturated carbocycles. The summed E-state index contributed by atoms with van der Waals surface area (Å²) >= 11 is 0. The molecule has 0 unspecified atom stereocenters. The van der Waals surface area contributed by atoms with Gasteiger partial charge < -0.3 is 5.32 Å². The molecule has 1 N–H and O–H groups in total. The van der Waals surface area contributed by atoms with Gasteiger partial charge in [0.15, 0.2) is 0 Å². The first-order valence-electron chi connectivity index (χ1n) is 7.82. The van der Waals surface area contributed by atoms with Crippen molar-refractivity contribution in [1.29, 1.82) is 0 Å². The number of hydrogen-bond acceptors (Lipinski definition) is 3. The fraction of sp³-hybridized carbons (Fsp3) is 0.278. The zero-order valence-electron chi connectivity index (χ0n) is 14.2. The van der Waals surface area contributed by atoms with Crippen molar-refractivity contribution in [2.45, 2.75) is 13.3 Å². The Morgan fingerprint density at radius 1 is 1.12 bits per heavy atom. The minimum atomic E-state index is -3.60. The van der Waals surface area contributed by atoms with Crippen molar-refractivity contribution in [2.24, 2.45) is 0 Å². The predicted molar refractivity (Wildman–Crippen MR) is 96.5 cm³/mol. The van der Waals surface area contributed by atoms with Crippen molar-refractivity contribution in [3.8, 4) is 0 Å². The van der Waals surface area contributed by atoms with Gasteiger partial charge in [-0.3, -0.25) is 9.10 Å². The smallest absolute Gasteiger partial charge is 0.240 e. The van der Waals surface area contributed by atoms with Gasteiger partial charge in [0.2, 0.25) is 15.9 Å². The van der Waals surface area contributed by atoms with E-state index < -0.39 is 15.9 Å². The summed E-state index contributed by atoms with van der Waals surface area (Å²) in [5.74, 6) is -0.767. The second-order valence-corrected chi connectivity index (χ2v) is 7.70. The van der Waals surface area contributed by atoms with E-state index in [1.54, 1.807) is 42.5 Å². The lowest BCUT2D eigenvalue weighted by atomic mass is 10.1. The summed E-state index contributed by atoms with van der Waals surface area (Å²) in [5.41, 5.74) is 1.92. The first kappa shape index (κ1) is 18.9. The molecule has 0 aromatic heterocycles. The molecule has 0 saturated heterocycles. The van der Waals surface area contributed by atoms with E-state index in [4.69, 9.17) is 0 Å². The van der Waals surface area contributed by atoms with Crippen molar-refractivity contribution < 1.29 is 17.6 Å². The quantitative estimate of drug-likeness (QED) is 0.819. The van der Waals surface area contributed by atoms with Crippen molar-refractivity contribution in [3.05, 3.63) is 65.5 Å². The van der Waals surface area contributed by atoms with E-state index in [0.29, 0.717) is 17.7 Å². The van der Waals surface area contributed by atoms with Crippen LogP contribution < -0.4 is 9.62 Å². The molecule has 2 aromatic rings. The minimum absolute atomic E-state index is 0.227. The third-order valence-corrected chi connectivity index (χ3v) is 4.82. The fourth-order valence-electron chi connectivity index (χ4n) is 2.34. The number of benzene rings is 2. The summed E-state index contributed by atoms with van der Waals surface area (Å²) in [7, 11) is -3.60. The van der Waals surface area contributed by atoms with Gasteiger partial charge in [-0.05, 0) is 37.1 Å². The van der Waals surface area contributed by atoms with E-state index in [2.05, 4.69) is 5.32 Å². The molecule has 0 atom stereocenters. The third kappa shape index (κ3) is 5.56. The largest absolute Gasteiger partial charge is 0.354 e. The van der Waals surface area contributed by atoms with Crippen LogP contribution in [0.3, 0.4) is 0 Å². The van der Waals surface area contributed by atoms with Crippen molar-refractivity contribution in [3.63, 3.8) is 0 Å². The van der Waals surface area contributed by atoms with Crippen LogP contribution in [0.25, 0.3) is 0 Å². The number of aryl methyl sites for hydroxylation is 1. The van der Waals surface area contributed by atoms with Crippen LogP contribution in [-0.4, -0.2) is 33.7 Å². The highest BCUT2D eigenvalue weighted by Crippen LogP contribution is 2.17. The predicted octanol–water partition coefficient (Wildman–Crippen LogP) is 2.26. The van der Waals surface area contributed by atoms with E-state index in [-0.39, 0.29) is 18.9 Å². The van der Waals surface area contributed by atoms with E-state index in [1.165, 1.54) is 6.07 Å². The summed E-state index contributed by atoms with van der Waals surface area (Å²) in [6, 6.07) is 13.2. The van der Waals surface area contributed by atoms with Crippen molar-refractivity contribution in [1.82, 2.24) is 5.32 Å². The monoisotopic (exact) mass is 364 g/mol. The summed E-state index contributed by atoms with van der Waals surface area (Å²) in [5, 5.41) is 2.63. The van der Waals surface area contributed by atoms with Crippen LogP contribution in [0.15, 0.2) is 48.5 Å². The first-order valence-corrected chi connectivity index (χ1v) is 9.66. The van der Waals surface area contributed by atoms with Crippen molar-refractivity contribution >= 4 is 21.6 Å². The summed E-state index contributed by atoms with van der Waals surface area (Å²) < 4.78 is 38.6. The molecule has 0 heterocycles. The lowest BCUT2D eigenvalue weighted by Crippen LogP contribution is -2.41. The number of anilines is 1. The molecule has 0 radical (unpaired) electrons. The molecule has 0 aliphatic rings. The molecule has 0 spiro atoms. The Bertz CT molecular complexity index is 836. The second-order valence-electron chi connectivity index (χ2n) is 5.80. The standard InChI is InChI=1S/C18H21FN2O3S/c1-14-7-9-16(10-8-14)21(25(2,23)24)13-18(22)20-12-11-15-5-3-4-6-17(15)19/h3-10H,11-13H2,1-2H3,(H,20,22). The number of halogens is 1. The molecule has 0 fully saturated rings. The molecule has 1 amide bonds. The van der Waals surface area contributed by atoms with E-state index in [1.807, 2.05) is 6.92 Å². The maximum Gasteiger partial charge on any atom is 0.240 e. The number of carbonyl (C=O) groups is 1. The summed E-state index contributed by atoms with van der Waals surface area (Å²) in [6.45, 7) is 1.80. The normalized spacial score (nSPS) is 11.2. The van der Waals surface area contributed by atoms with Gasteiger partial charge >= 0.3 is 0 Å². The van der Waals surface area contributed by atoms with Gasteiger partial charge in [0, 0.05) is 6.54 Å². The highest BCUT2D eigenvalue weighted by atomic mass is 32.2. The Balaban J connectivity index is 1.98. The number of carbonyl (C=O) groups excluding carboxylic acids is 1. The Hall–Kier alpha value is -2.41. The van der Waals surface area contributed by atoms with Crippen LogP contribution in [0.1, 0.15) is 11.1 Å². The zero-order valence-corrected chi connectivity index (χ0v) is 15.0. The van der Waals surface area contributed by atoms with Crippen molar-refractivity contribution in [2.75, 3.05) is 23.7 Å². The molecule has 134 valence electrons. The number of rotatable bonds is 7. The lowest BCUT2D eigenvalue weighted by molar-refractivity contribution is -0.119. The molecule has 2 rings (SSSR count). The van der Waals surface area contributed by atoms with Crippen LogP contribution in [-0.2, 0) is 21.2 Å². The maximum atomic E-state index is 13.5. The average molecular weight is 364 g/mol. The Morgan fingerprint density at radius 2 is 1.76 bits per heavy atom. The van der Waals surface area contributed by atoms with Gasteiger partial charge in [0.25, 0.3) is 0 Å². The number of hydrogen-bond donors (Lipinski definition) is 1. The molecule has 25 heavy (non-hydrogen) atoms. The fourth-order valence-corrected chi connectivity index (χ4v) is 3.19. The molecule has 7 heteroatoms. The van der Waals surface area contributed by atoms with Crippen LogP contribution in [0.5, 0.6) is 0 Å². The van der Waals surface area contributed by atoms with E-state index in [9.17, 15) is 17.6 Å². The molecule has 5 nitrogen and oxygen atoms in total. The van der Waals surface area contributed by atoms with Gasteiger partial charge in [-0.15, -0.1) is 0 Å². The third-order valence-electron chi connectivity index (χ3n) is 3.68. The first-order chi connectivity index (χ1) is 11.8. The Morgan fingerprint density at radius 3 is 2.36 bits per heavy atom. The number of sulfonamides is 1. The second kappa shape index (κ2) is 8.11. The van der Waals surface area contributed by atoms with Gasteiger partial charge in [0.05, 0.1) is 11.9 Å². The minimum Gasteiger partial charge on any atom is -0.354 e. The summed E-state index contributed by atoms with van der Waals surface area (Å²) in [4.78, 5) is 12.1. The maximum absolute atomic E-state index is 13.5. The zero-order chi connectivity index (χ0) is 18.4. The lowest BCUT2D eigenvalue weighted by Gasteiger charge is -2.22. The van der Waals surface area contributed by atoms with Gasteiger partial charge in [-0.25, -0.2) is 12.8 Å². The molecule has 0 aliphatic heterocycles. The highest BCUT2D eigenvalue weighted by Gasteiger charge is 2.20. The van der Waals surface area contributed by atoms with Gasteiger partial charge in [-0.1, -0.05) is 35.9 Å². The molecule has 2 aromatic carbocycles. The number of amides is 1. The Kier molecular flexibility index (Phi) is 6.14. The molecule has 0 aliphatic carbocycles. The van der Waals surface area contributed by atoms with Crippen LogP contribution >= 0.6 is 0 Å². The average Bonchev–Trinajstić information content (AvgIpc) is 2.54. The number of nitrogens with zero attached hydrogens (tertiary/aromatic N) is 1. The molecular weight excluding hydrogens is 343 g/mol. The van der Waals surface area contributed by atoms with E-state index >= 15 is 0 Å². The summed E-state index contributed by atoms with van der Waals surface area (Å²) in [6.07, 6.45) is 1.39. The molecule has 0 bridgehead atoms. The number of nitrogens with one attached hydrogen (secondary N) is 1. The van der Waals surface area contributed by atoms with Crippen LogP contribution in [0.4, 0.5) is 10.1 Å². The molecular formula is C18H21FN2O3S. The van der Waals surface area contributed by atoms with Crippen LogP contribution in [0.2, 0.25) is 0 Å². The topological polar surface area (TPSA) is 66.5 Å². The van der Waals surface area contributed by atoms with E-state index in [0.717, 1.165) is 16.1 Å². The van der Waals surface area contributed by atoms with Gasteiger partial charge in [-0.2, -0.15) is 0 Å².